The molecule has 4 aromatic rings. The van der Waals surface area contributed by atoms with Crippen LogP contribution in [0.25, 0.3) is 21.8 Å². The van der Waals surface area contributed by atoms with Crippen LogP contribution in [0.1, 0.15) is 25.5 Å². The number of nitrogens with zero attached hydrogens (tertiary/aromatic N) is 3. The molecule has 0 saturated heterocycles. The van der Waals surface area contributed by atoms with Crippen LogP contribution >= 0.6 is 0 Å². The number of hydrogen-bond donors (Lipinski definition) is 3. The topological polar surface area (TPSA) is 87.6 Å². The van der Waals surface area contributed by atoms with E-state index in [2.05, 4.69) is 51.9 Å². The van der Waals surface area contributed by atoms with E-state index in [-0.39, 0.29) is 6.03 Å². The first-order valence-electron chi connectivity index (χ1n) is 9.04. The predicted octanol–water partition coefficient (Wildman–Crippen LogP) is 3.86. The van der Waals surface area contributed by atoms with Gasteiger partial charge in [-0.05, 0) is 50.1 Å². The summed E-state index contributed by atoms with van der Waals surface area (Å²) in [7, 11) is 0. The molecule has 3 N–H and O–H groups in total. The van der Waals surface area contributed by atoms with Gasteiger partial charge in [0.25, 0.3) is 0 Å². The zero-order valence-corrected chi connectivity index (χ0v) is 15.4. The maximum Gasteiger partial charge on any atom is 0.319 e. The van der Waals surface area contributed by atoms with Gasteiger partial charge < -0.3 is 10.6 Å². The van der Waals surface area contributed by atoms with Gasteiger partial charge >= 0.3 is 6.03 Å². The van der Waals surface area contributed by atoms with Crippen molar-refractivity contribution >= 4 is 33.5 Å². The molecular formula is C20H22N6O. The van der Waals surface area contributed by atoms with Crippen molar-refractivity contribution in [2.45, 2.75) is 26.3 Å². The molecule has 4 rings (SSSR count). The fraction of sp³-hybridized carbons (Fsp3) is 0.250. The smallest absolute Gasteiger partial charge is 0.319 e. The van der Waals surface area contributed by atoms with Crippen molar-refractivity contribution < 1.29 is 4.79 Å². The van der Waals surface area contributed by atoms with Gasteiger partial charge in [-0.3, -0.25) is 9.78 Å². The van der Waals surface area contributed by atoms with E-state index in [4.69, 9.17) is 0 Å². The molecule has 0 radical (unpaired) electrons. The van der Waals surface area contributed by atoms with E-state index in [9.17, 15) is 4.79 Å². The van der Waals surface area contributed by atoms with Gasteiger partial charge in [0.15, 0.2) is 0 Å². The quantitative estimate of drug-likeness (QED) is 0.504. The number of H-pyrrole nitrogens is 1. The molecule has 0 bridgehead atoms. The molecule has 0 saturated carbocycles. The van der Waals surface area contributed by atoms with Crippen LogP contribution in [-0.2, 0) is 6.42 Å². The zero-order valence-electron chi connectivity index (χ0n) is 15.4. The normalized spacial score (nSPS) is 11.4. The van der Waals surface area contributed by atoms with Crippen LogP contribution in [0.5, 0.6) is 0 Å². The number of anilines is 1. The van der Waals surface area contributed by atoms with Gasteiger partial charge in [-0.2, -0.15) is 10.2 Å². The fourth-order valence-corrected chi connectivity index (χ4v) is 3.18. The van der Waals surface area contributed by atoms with E-state index in [1.807, 2.05) is 35.1 Å². The Morgan fingerprint density at radius 3 is 2.89 bits per heavy atom. The van der Waals surface area contributed by atoms with E-state index < -0.39 is 0 Å². The van der Waals surface area contributed by atoms with E-state index in [0.29, 0.717) is 12.6 Å². The zero-order chi connectivity index (χ0) is 18.8. The molecule has 0 aliphatic carbocycles. The summed E-state index contributed by atoms with van der Waals surface area (Å²) >= 11 is 0. The summed E-state index contributed by atoms with van der Waals surface area (Å²) in [5.41, 5.74) is 3.97. The maximum atomic E-state index is 12.2. The van der Waals surface area contributed by atoms with Crippen molar-refractivity contribution in [3.05, 3.63) is 54.4 Å². The summed E-state index contributed by atoms with van der Waals surface area (Å²) in [6, 6.07) is 12.0. The molecular weight excluding hydrogens is 340 g/mol. The van der Waals surface area contributed by atoms with Crippen LogP contribution in [0.3, 0.4) is 0 Å². The summed E-state index contributed by atoms with van der Waals surface area (Å²) in [6.45, 7) is 4.74. The SMILES string of the molecule is CC(C)n1ncc2cc(NC(=O)NCCc3ccc4cn[nH]c4c3)ccc21. The Labute approximate surface area is 156 Å². The number of carbonyl (C=O) groups is 1. The Kier molecular flexibility index (Phi) is 4.50. The highest BCUT2D eigenvalue weighted by Crippen LogP contribution is 2.21. The summed E-state index contributed by atoms with van der Waals surface area (Å²) in [4.78, 5) is 12.2. The number of carbonyl (C=O) groups excluding carboxylic acids is 1. The van der Waals surface area contributed by atoms with E-state index in [0.717, 1.165) is 39.5 Å². The van der Waals surface area contributed by atoms with Crippen molar-refractivity contribution in [3.8, 4) is 0 Å². The molecule has 0 fully saturated rings. The van der Waals surface area contributed by atoms with Crippen LogP contribution in [0.4, 0.5) is 10.5 Å². The third kappa shape index (κ3) is 3.62. The number of benzene rings is 2. The van der Waals surface area contributed by atoms with Crippen molar-refractivity contribution in [2.24, 2.45) is 0 Å². The lowest BCUT2D eigenvalue weighted by Gasteiger charge is -2.09. The Hall–Kier alpha value is -3.35. The highest BCUT2D eigenvalue weighted by atomic mass is 16.2. The molecule has 27 heavy (non-hydrogen) atoms. The van der Waals surface area contributed by atoms with Crippen LogP contribution in [0.15, 0.2) is 48.8 Å². The summed E-state index contributed by atoms with van der Waals surface area (Å²) in [5, 5.41) is 19.2. The molecule has 2 aromatic heterocycles. The number of aromatic nitrogens is 4. The molecule has 7 heteroatoms. The highest BCUT2D eigenvalue weighted by molar-refractivity contribution is 5.92. The second kappa shape index (κ2) is 7.11. The molecule has 0 atom stereocenters. The van der Waals surface area contributed by atoms with Crippen molar-refractivity contribution in [2.75, 3.05) is 11.9 Å². The molecule has 0 spiro atoms. The van der Waals surface area contributed by atoms with Crippen LogP contribution in [0.2, 0.25) is 0 Å². The van der Waals surface area contributed by atoms with Gasteiger partial charge in [-0.1, -0.05) is 12.1 Å². The highest BCUT2D eigenvalue weighted by Gasteiger charge is 2.08. The molecule has 2 amide bonds. The Morgan fingerprint density at radius 2 is 2.04 bits per heavy atom. The first-order valence-corrected chi connectivity index (χ1v) is 9.04. The first-order chi connectivity index (χ1) is 13.1. The summed E-state index contributed by atoms with van der Waals surface area (Å²) in [5.74, 6) is 0. The molecule has 138 valence electrons. The molecule has 2 heterocycles. The van der Waals surface area contributed by atoms with E-state index in [1.54, 1.807) is 6.20 Å². The second-order valence-electron chi connectivity index (χ2n) is 6.88. The van der Waals surface area contributed by atoms with Gasteiger partial charge in [0, 0.05) is 29.0 Å². The summed E-state index contributed by atoms with van der Waals surface area (Å²) < 4.78 is 1.97. The maximum absolute atomic E-state index is 12.2. The van der Waals surface area contributed by atoms with E-state index >= 15 is 0 Å². The largest absolute Gasteiger partial charge is 0.338 e. The minimum absolute atomic E-state index is 0.215. The van der Waals surface area contributed by atoms with Crippen LogP contribution < -0.4 is 10.6 Å². The Morgan fingerprint density at radius 1 is 1.15 bits per heavy atom. The van der Waals surface area contributed by atoms with Gasteiger partial charge in [0.05, 0.1) is 23.4 Å². The molecule has 7 nitrogen and oxygen atoms in total. The lowest BCUT2D eigenvalue weighted by atomic mass is 10.1. The number of amides is 2. The number of fused-ring (bicyclic) bond motifs is 2. The number of urea groups is 1. The standard InChI is InChI=1S/C20H22N6O/c1-13(2)26-19-6-5-17(10-16(19)12-23-26)24-20(27)21-8-7-14-3-4-15-11-22-25-18(15)9-14/h3-6,9-13H,7-8H2,1-2H3,(H,22,25)(H2,21,24,27). The lowest BCUT2D eigenvalue weighted by molar-refractivity contribution is 0.252. The molecule has 0 aliphatic rings. The third-order valence-electron chi connectivity index (χ3n) is 4.55. The predicted molar refractivity (Wildman–Crippen MR) is 107 cm³/mol. The Bertz CT molecular complexity index is 1090. The molecule has 2 aromatic carbocycles. The van der Waals surface area contributed by atoms with Crippen LogP contribution in [-0.4, -0.2) is 32.6 Å². The van der Waals surface area contributed by atoms with Crippen molar-refractivity contribution in [1.82, 2.24) is 25.3 Å². The minimum atomic E-state index is -0.215. The van der Waals surface area contributed by atoms with E-state index in [1.165, 1.54) is 0 Å². The molecule has 0 aliphatic heterocycles. The van der Waals surface area contributed by atoms with Gasteiger partial charge in [-0.25, -0.2) is 4.79 Å². The Balaban J connectivity index is 1.34. The second-order valence-corrected chi connectivity index (χ2v) is 6.88. The van der Waals surface area contributed by atoms with Crippen molar-refractivity contribution in [1.29, 1.82) is 0 Å². The number of nitrogens with one attached hydrogen (secondary N) is 3. The molecule has 0 unspecified atom stereocenters. The average molecular weight is 362 g/mol. The summed E-state index contributed by atoms with van der Waals surface area (Å²) in [6.07, 6.45) is 4.37. The first kappa shape index (κ1) is 17.1. The van der Waals surface area contributed by atoms with Crippen LogP contribution in [0, 0.1) is 0 Å². The van der Waals surface area contributed by atoms with Gasteiger partial charge in [0.1, 0.15) is 0 Å². The van der Waals surface area contributed by atoms with Gasteiger partial charge in [-0.15, -0.1) is 0 Å². The number of hydrogen-bond acceptors (Lipinski definition) is 3. The lowest BCUT2D eigenvalue weighted by Crippen LogP contribution is -2.30. The minimum Gasteiger partial charge on any atom is -0.338 e. The van der Waals surface area contributed by atoms with Crippen molar-refractivity contribution in [3.63, 3.8) is 0 Å². The number of rotatable bonds is 5. The van der Waals surface area contributed by atoms with Gasteiger partial charge in [0.2, 0.25) is 0 Å². The monoisotopic (exact) mass is 362 g/mol. The third-order valence-corrected chi connectivity index (χ3v) is 4.55. The fourth-order valence-electron chi connectivity index (χ4n) is 3.18. The number of aromatic amines is 1. The average Bonchev–Trinajstić information content (AvgIpc) is 3.27.